The summed E-state index contributed by atoms with van der Waals surface area (Å²) in [7, 11) is 1.63. The third-order valence-corrected chi connectivity index (χ3v) is 2.92. The highest BCUT2D eigenvalue weighted by atomic mass is 79.9. The van der Waals surface area contributed by atoms with E-state index in [2.05, 4.69) is 25.9 Å². The van der Waals surface area contributed by atoms with Crippen molar-refractivity contribution in [3.63, 3.8) is 0 Å². The maximum atomic E-state index is 9.79. The molecule has 0 fully saturated rings. The van der Waals surface area contributed by atoms with Crippen molar-refractivity contribution in [1.29, 1.82) is 0 Å². The largest absolute Gasteiger partial charge is 0.494 e. The second-order valence-electron chi connectivity index (χ2n) is 3.61. The minimum absolute atomic E-state index is 0.138. The zero-order valence-electron chi connectivity index (χ0n) is 9.40. The van der Waals surface area contributed by atoms with Crippen LogP contribution < -0.4 is 0 Å². The molecule has 0 aliphatic rings. The highest BCUT2D eigenvalue weighted by Crippen LogP contribution is 2.28. The number of benzene rings is 1. The fourth-order valence-corrected chi connectivity index (χ4v) is 1.96. The average Bonchev–Trinajstić information content (AvgIpc) is 2.61. The number of ether oxygens (including phenoxy) is 1. The predicted molar refractivity (Wildman–Crippen MR) is 72.0 cm³/mol. The molecular weight excluding hydrogens is 284 g/mol. The van der Waals surface area contributed by atoms with E-state index in [1.807, 2.05) is 18.2 Å². The number of rotatable bonds is 4. The van der Waals surface area contributed by atoms with Gasteiger partial charge in [-0.15, -0.1) is 0 Å². The van der Waals surface area contributed by atoms with Gasteiger partial charge in [0.2, 0.25) is 0 Å². The van der Waals surface area contributed by atoms with Gasteiger partial charge in [0, 0.05) is 28.7 Å². The number of halogens is 1. The number of nitrogens with zero attached hydrogens (tertiary/aromatic N) is 1. The molecule has 1 aromatic heterocycles. The molecule has 90 valence electrons. The standard InChI is InChI=1S/C12H13BrN2O2/c1-17-5-4-14-7-10-9-6-8(13)2-3-11(9)15-12(10)16/h2-3,6-7,15-16H,4-5H2,1H3. The lowest BCUT2D eigenvalue weighted by atomic mass is 10.2. The van der Waals surface area contributed by atoms with E-state index >= 15 is 0 Å². The fourth-order valence-electron chi connectivity index (χ4n) is 1.60. The van der Waals surface area contributed by atoms with Crippen LogP contribution in [0.15, 0.2) is 27.7 Å². The van der Waals surface area contributed by atoms with Gasteiger partial charge in [0.1, 0.15) is 0 Å². The van der Waals surface area contributed by atoms with Crippen LogP contribution in [-0.4, -0.2) is 36.6 Å². The summed E-state index contributed by atoms with van der Waals surface area (Å²) in [6.07, 6.45) is 1.67. The van der Waals surface area contributed by atoms with E-state index in [1.54, 1.807) is 13.3 Å². The summed E-state index contributed by atoms with van der Waals surface area (Å²) in [6, 6.07) is 5.78. The topological polar surface area (TPSA) is 57.6 Å². The van der Waals surface area contributed by atoms with E-state index in [0.717, 1.165) is 15.4 Å². The van der Waals surface area contributed by atoms with Gasteiger partial charge in [-0.1, -0.05) is 15.9 Å². The Kier molecular flexibility index (Phi) is 3.81. The molecule has 0 atom stereocenters. The third kappa shape index (κ3) is 2.68. The van der Waals surface area contributed by atoms with Crippen LogP contribution >= 0.6 is 15.9 Å². The fraction of sp³-hybridized carbons (Fsp3) is 0.250. The van der Waals surface area contributed by atoms with Crippen LogP contribution in [0, 0.1) is 0 Å². The smallest absolute Gasteiger partial charge is 0.198 e. The second-order valence-corrected chi connectivity index (χ2v) is 4.52. The quantitative estimate of drug-likeness (QED) is 0.673. The van der Waals surface area contributed by atoms with Crippen molar-refractivity contribution in [2.75, 3.05) is 20.3 Å². The van der Waals surface area contributed by atoms with E-state index in [4.69, 9.17) is 4.74 Å². The van der Waals surface area contributed by atoms with Crippen molar-refractivity contribution < 1.29 is 9.84 Å². The number of fused-ring (bicyclic) bond motifs is 1. The van der Waals surface area contributed by atoms with E-state index in [-0.39, 0.29) is 5.88 Å². The minimum atomic E-state index is 0.138. The molecule has 0 aliphatic carbocycles. The summed E-state index contributed by atoms with van der Waals surface area (Å²) < 4.78 is 5.87. The Morgan fingerprint density at radius 1 is 1.53 bits per heavy atom. The van der Waals surface area contributed by atoms with Crippen molar-refractivity contribution in [1.82, 2.24) is 4.98 Å². The van der Waals surface area contributed by atoms with Crippen molar-refractivity contribution in [3.05, 3.63) is 28.2 Å². The highest BCUT2D eigenvalue weighted by molar-refractivity contribution is 9.10. The number of aromatic amines is 1. The molecule has 0 spiro atoms. The number of hydrogen-bond donors (Lipinski definition) is 2. The molecule has 2 N–H and O–H groups in total. The van der Waals surface area contributed by atoms with Gasteiger partial charge in [0.15, 0.2) is 5.88 Å². The predicted octanol–water partition coefficient (Wildman–Crippen LogP) is 2.70. The summed E-state index contributed by atoms with van der Waals surface area (Å²) in [6.45, 7) is 1.15. The number of H-pyrrole nitrogens is 1. The molecule has 4 nitrogen and oxygen atoms in total. The molecule has 0 bridgehead atoms. The van der Waals surface area contributed by atoms with Gasteiger partial charge in [0.25, 0.3) is 0 Å². The zero-order valence-corrected chi connectivity index (χ0v) is 11.0. The molecule has 0 radical (unpaired) electrons. The molecular formula is C12H13BrN2O2. The van der Waals surface area contributed by atoms with Crippen LogP contribution in [0.4, 0.5) is 0 Å². The summed E-state index contributed by atoms with van der Waals surface area (Å²) in [5.41, 5.74) is 1.59. The van der Waals surface area contributed by atoms with E-state index in [1.165, 1.54) is 0 Å². The van der Waals surface area contributed by atoms with E-state index < -0.39 is 0 Å². The number of aromatic nitrogens is 1. The molecule has 5 heteroatoms. The summed E-state index contributed by atoms with van der Waals surface area (Å²) >= 11 is 3.41. The molecule has 1 heterocycles. The molecule has 2 rings (SSSR count). The van der Waals surface area contributed by atoms with Crippen molar-refractivity contribution in [2.24, 2.45) is 4.99 Å². The molecule has 0 unspecified atom stereocenters. The van der Waals surface area contributed by atoms with Crippen LogP contribution in [0.3, 0.4) is 0 Å². The summed E-state index contributed by atoms with van der Waals surface area (Å²) in [4.78, 5) is 7.11. The highest BCUT2D eigenvalue weighted by Gasteiger charge is 2.08. The molecule has 2 aromatic rings. The van der Waals surface area contributed by atoms with Crippen LogP contribution in [0.2, 0.25) is 0 Å². The Morgan fingerprint density at radius 2 is 2.35 bits per heavy atom. The molecule has 0 aliphatic heterocycles. The lowest BCUT2D eigenvalue weighted by Gasteiger charge is -1.94. The van der Waals surface area contributed by atoms with Crippen LogP contribution in [0.5, 0.6) is 5.88 Å². The van der Waals surface area contributed by atoms with Gasteiger partial charge in [-0.2, -0.15) is 0 Å². The number of aromatic hydroxyl groups is 1. The zero-order chi connectivity index (χ0) is 12.3. The van der Waals surface area contributed by atoms with Crippen molar-refractivity contribution in [2.45, 2.75) is 0 Å². The van der Waals surface area contributed by atoms with Gasteiger partial charge in [-0.25, -0.2) is 0 Å². The van der Waals surface area contributed by atoms with Crippen molar-refractivity contribution >= 4 is 33.0 Å². The first-order valence-corrected chi connectivity index (χ1v) is 6.00. The number of hydrogen-bond acceptors (Lipinski definition) is 3. The normalized spacial score (nSPS) is 11.6. The monoisotopic (exact) mass is 296 g/mol. The minimum Gasteiger partial charge on any atom is -0.494 e. The number of nitrogens with one attached hydrogen (secondary N) is 1. The summed E-state index contributed by atoms with van der Waals surface area (Å²) in [5, 5.41) is 10.7. The molecule has 0 saturated carbocycles. The van der Waals surface area contributed by atoms with E-state index in [9.17, 15) is 5.11 Å². The van der Waals surface area contributed by atoms with Gasteiger partial charge in [-0.05, 0) is 18.2 Å². The van der Waals surface area contributed by atoms with Gasteiger partial charge in [0.05, 0.1) is 18.7 Å². The Balaban J connectivity index is 2.35. The van der Waals surface area contributed by atoms with Crippen LogP contribution in [0.25, 0.3) is 10.9 Å². The van der Waals surface area contributed by atoms with Crippen molar-refractivity contribution in [3.8, 4) is 5.88 Å². The Morgan fingerprint density at radius 3 is 3.12 bits per heavy atom. The molecule has 0 saturated heterocycles. The SMILES string of the molecule is COCCN=Cc1c(O)[nH]c2ccc(Br)cc12. The average molecular weight is 297 g/mol. The van der Waals surface area contributed by atoms with E-state index in [0.29, 0.717) is 18.7 Å². The maximum absolute atomic E-state index is 9.79. The number of aliphatic imine (C=N–C) groups is 1. The van der Waals surface area contributed by atoms with Gasteiger partial charge < -0.3 is 14.8 Å². The third-order valence-electron chi connectivity index (χ3n) is 2.42. The maximum Gasteiger partial charge on any atom is 0.198 e. The summed E-state index contributed by atoms with van der Waals surface area (Å²) in [5.74, 6) is 0.138. The lowest BCUT2D eigenvalue weighted by molar-refractivity contribution is 0.208. The first-order chi connectivity index (χ1) is 8.22. The number of methoxy groups -OCH3 is 1. The van der Waals surface area contributed by atoms with Gasteiger partial charge >= 0.3 is 0 Å². The lowest BCUT2D eigenvalue weighted by Crippen LogP contribution is -1.93. The van der Waals surface area contributed by atoms with Crippen LogP contribution in [0.1, 0.15) is 5.56 Å². The second kappa shape index (κ2) is 5.33. The molecule has 0 amide bonds. The molecule has 1 aromatic carbocycles. The molecule has 17 heavy (non-hydrogen) atoms. The Labute approximate surface area is 107 Å². The first-order valence-electron chi connectivity index (χ1n) is 5.21. The first kappa shape index (κ1) is 12.1. The Bertz CT molecular complexity index is 549. The van der Waals surface area contributed by atoms with Gasteiger partial charge in [-0.3, -0.25) is 4.99 Å². The van der Waals surface area contributed by atoms with Crippen LogP contribution in [-0.2, 0) is 4.74 Å². The Hall–Kier alpha value is -1.33.